The van der Waals surface area contributed by atoms with Crippen LogP contribution in [0.25, 0.3) is 0 Å². The summed E-state index contributed by atoms with van der Waals surface area (Å²) < 4.78 is 0. The van der Waals surface area contributed by atoms with Gasteiger partial charge in [0.1, 0.15) is 0 Å². The monoisotopic (exact) mass is 320 g/mol. The summed E-state index contributed by atoms with van der Waals surface area (Å²) in [6.07, 6.45) is 5.72. The Hall–Kier alpha value is -0.0800. The fourth-order valence-corrected chi connectivity index (χ4v) is 6.97. The molecule has 2 nitrogen and oxygen atoms in total. The normalized spacial score (nSPS) is 50.3. The maximum atomic E-state index is 2.85. The molecule has 0 amide bonds. The van der Waals surface area contributed by atoms with Gasteiger partial charge in [-0.25, -0.2) is 0 Å². The van der Waals surface area contributed by atoms with Crippen LogP contribution in [0, 0.1) is 35.5 Å². The molecule has 0 aromatic heterocycles. The first-order valence-corrected chi connectivity index (χ1v) is 10.3. The Balaban J connectivity index is 1.64. The van der Waals surface area contributed by atoms with Crippen molar-refractivity contribution >= 4 is 0 Å². The maximum Gasteiger partial charge on any atom is 0.0513 e. The number of hydrogen-bond acceptors (Lipinski definition) is 2. The highest BCUT2D eigenvalue weighted by molar-refractivity contribution is 4.94. The van der Waals surface area contributed by atoms with Gasteiger partial charge in [-0.1, -0.05) is 41.5 Å². The van der Waals surface area contributed by atoms with Gasteiger partial charge in [-0.2, -0.15) is 0 Å². The highest BCUT2D eigenvalue weighted by Gasteiger charge is 2.42. The number of rotatable bonds is 2. The minimum atomic E-state index is 0.823. The third kappa shape index (κ3) is 3.63. The van der Waals surface area contributed by atoms with Crippen molar-refractivity contribution < 1.29 is 0 Å². The molecule has 3 rings (SSSR count). The van der Waals surface area contributed by atoms with Crippen molar-refractivity contribution in [3.63, 3.8) is 0 Å². The topological polar surface area (TPSA) is 6.48 Å². The predicted molar refractivity (Wildman–Crippen MR) is 99.3 cm³/mol. The quantitative estimate of drug-likeness (QED) is 0.727. The van der Waals surface area contributed by atoms with Crippen molar-refractivity contribution in [3.8, 4) is 0 Å². The van der Waals surface area contributed by atoms with Crippen molar-refractivity contribution in [2.75, 3.05) is 19.8 Å². The van der Waals surface area contributed by atoms with Gasteiger partial charge in [0.25, 0.3) is 0 Å². The van der Waals surface area contributed by atoms with Crippen molar-refractivity contribution in [1.82, 2.24) is 9.80 Å². The first kappa shape index (κ1) is 17.7. The predicted octanol–water partition coefficient (Wildman–Crippen LogP) is 4.70. The molecule has 1 heterocycles. The zero-order valence-electron chi connectivity index (χ0n) is 16.5. The van der Waals surface area contributed by atoms with Gasteiger partial charge >= 0.3 is 0 Å². The van der Waals surface area contributed by atoms with Gasteiger partial charge in [0.2, 0.25) is 0 Å². The molecule has 3 aliphatic rings. The summed E-state index contributed by atoms with van der Waals surface area (Å²) in [5.74, 6) is 5.33. The van der Waals surface area contributed by atoms with Crippen LogP contribution in [0.1, 0.15) is 67.2 Å². The van der Waals surface area contributed by atoms with E-state index in [0.29, 0.717) is 0 Å². The summed E-state index contributed by atoms with van der Waals surface area (Å²) in [6.45, 7) is 18.8. The van der Waals surface area contributed by atoms with Crippen molar-refractivity contribution in [2.24, 2.45) is 35.5 Å². The van der Waals surface area contributed by atoms with Crippen molar-refractivity contribution in [2.45, 2.75) is 79.3 Å². The van der Waals surface area contributed by atoms with E-state index in [9.17, 15) is 0 Å². The second-order valence-corrected chi connectivity index (χ2v) is 9.81. The van der Waals surface area contributed by atoms with Crippen LogP contribution in [-0.4, -0.2) is 41.6 Å². The number of hydrogen-bond donors (Lipinski definition) is 0. The molecule has 1 saturated heterocycles. The lowest BCUT2D eigenvalue weighted by molar-refractivity contribution is 0.0206. The van der Waals surface area contributed by atoms with Crippen LogP contribution in [0.4, 0.5) is 0 Å². The Morgan fingerprint density at radius 1 is 0.522 bits per heavy atom. The summed E-state index contributed by atoms with van der Waals surface area (Å²) in [5.41, 5.74) is 0. The Bertz CT molecular complexity index is 335. The lowest BCUT2D eigenvalue weighted by Crippen LogP contribution is -2.50. The smallest absolute Gasteiger partial charge is 0.0513 e. The van der Waals surface area contributed by atoms with Gasteiger partial charge in [-0.05, 0) is 61.2 Å². The van der Waals surface area contributed by atoms with Gasteiger partial charge in [-0.15, -0.1) is 0 Å². The van der Waals surface area contributed by atoms with Crippen molar-refractivity contribution in [1.29, 1.82) is 0 Å². The minimum absolute atomic E-state index is 0.823. The average Bonchev–Trinajstić information content (AvgIpc) is 2.85. The first-order chi connectivity index (χ1) is 10.9. The molecular weight excluding hydrogens is 280 g/mol. The van der Waals surface area contributed by atoms with Crippen LogP contribution in [0.2, 0.25) is 0 Å². The molecule has 0 aromatic carbocycles. The SMILES string of the molecule is CC1C[C@H](C)CC(C)[C@@H]1N1CCN([C@H]2C(C)C[C@@H](C)CC2C)C1. The summed E-state index contributed by atoms with van der Waals surface area (Å²) >= 11 is 0. The van der Waals surface area contributed by atoms with Gasteiger partial charge < -0.3 is 0 Å². The molecule has 0 N–H and O–H groups in total. The molecule has 3 fully saturated rings. The standard InChI is InChI=1S/C21H40N2/c1-14-9-16(3)20(17(4)10-14)22-7-8-23(13-22)21-18(5)11-15(2)12-19(21)6/h14-21H,7-13H2,1-6H3/t14-,15-,16?,17?,18?,19?,20+,21+. The Kier molecular flexibility index (Phi) is 5.43. The second kappa shape index (κ2) is 7.04. The zero-order valence-corrected chi connectivity index (χ0v) is 16.5. The molecule has 4 atom stereocenters. The third-order valence-corrected chi connectivity index (χ3v) is 7.31. The third-order valence-electron chi connectivity index (χ3n) is 7.31. The van der Waals surface area contributed by atoms with Gasteiger partial charge in [0.15, 0.2) is 0 Å². The lowest BCUT2D eigenvalue weighted by Gasteiger charge is -2.45. The van der Waals surface area contributed by atoms with Crippen LogP contribution in [0.3, 0.4) is 0 Å². The van der Waals surface area contributed by atoms with E-state index in [1.807, 2.05) is 0 Å². The Morgan fingerprint density at radius 3 is 1.13 bits per heavy atom. The van der Waals surface area contributed by atoms with E-state index in [0.717, 1.165) is 47.6 Å². The van der Waals surface area contributed by atoms with E-state index in [1.165, 1.54) is 45.4 Å². The Labute approximate surface area is 145 Å². The molecule has 4 unspecified atom stereocenters. The molecule has 2 aliphatic carbocycles. The van der Waals surface area contributed by atoms with E-state index in [4.69, 9.17) is 0 Å². The largest absolute Gasteiger partial charge is 0.286 e. The molecule has 0 bridgehead atoms. The van der Waals surface area contributed by atoms with Crippen LogP contribution in [-0.2, 0) is 0 Å². The molecule has 0 spiro atoms. The molecular formula is C21H40N2. The van der Waals surface area contributed by atoms with Gasteiger partial charge in [0.05, 0.1) is 6.67 Å². The summed E-state index contributed by atoms with van der Waals surface area (Å²) in [7, 11) is 0. The van der Waals surface area contributed by atoms with Gasteiger partial charge in [-0.3, -0.25) is 9.80 Å². The van der Waals surface area contributed by atoms with Crippen LogP contribution in [0.15, 0.2) is 0 Å². The average molecular weight is 321 g/mol. The number of nitrogens with zero attached hydrogens (tertiary/aromatic N) is 2. The highest BCUT2D eigenvalue weighted by Crippen LogP contribution is 2.40. The molecule has 0 aromatic rings. The van der Waals surface area contributed by atoms with Crippen LogP contribution < -0.4 is 0 Å². The highest BCUT2D eigenvalue weighted by atomic mass is 15.4. The fraction of sp³-hybridized carbons (Fsp3) is 1.00. The van der Waals surface area contributed by atoms with Gasteiger partial charge in [0, 0.05) is 25.2 Å². The molecule has 2 saturated carbocycles. The summed E-state index contributed by atoms with van der Waals surface area (Å²) in [6, 6.07) is 1.65. The van der Waals surface area contributed by atoms with Crippen molar-refractivity contribution in [3.05, 3.63) is 0 Å². The van der Waals surface area contributed by atoms with E-state index in [-0.39, 0.29) is 0 Å². The molecule has 0 radical (unpaired) electrons. The first-order valence-electron chi connectivity index (χ1n) is 10.3. The van der Waals surface area contributed by atoms with E-state index >= 15 is 0 Å². The molecule has 134 valence electrons. The summed E-state index contributed by atoms with van der Waals surface area (Å²) in [4.78, 5) is 5.69. The van der Waals surface area contributed by atoms with E-state index in [1.54, 1.807) is 0 Å². The lowest BCUT2D eigenvalue weighted by atomic mass is 9.73. The molecule has 1 aliphatic heterocycles. The van der Waals surface area contributed by atoms with E-state index < -0.39 is 0 Å². The van der Waals surface area contributed by atoms with Crippen LogP contribution >= 0.6 is 0 Å². The second-order valence-electron chi connectivity index (χ2n) is 9.81. The molecule has 2 heteroatoms. The zero-order chi connectivity index (χ0) is 16.7. The Morgan fingerprint density at radius 2 is 0.826 bits per heavy atom. The summed E-state index contributed by atoms with van der Waals surface area (Å²) in [5, 5.41) is 0. The van der Waals surface area contributed by atoms with Crippen LogP contribution in [0.5, 0.6) is 0 Å². The minimum Gasteiger partial charge on any atom is -0.286 e. The fourth-order valence-electron chi connectivity index (χ4n) is 6.97. The van der Waals surface area contributed by atoms with E-state index in [2.05, 4.69) is 51.3 Å². The molecule has 23 heavy (non-hydrogen) atoms. The maximum absolute atomic E-state index is 2.85.